The van der Waals surface area contributed by atoms with Gasteiger partial charge in [-0.2, -0.15) is 13.2 Å². The van der Waals surface area contributed by atoms with E-state index in [1.54, 1.807) is 0 Å². The number of carbonyl (C=O) groups excluding carboxylic acids is 1. The molecule has 140 valence electrons. The number of carbonyl (C=O) groups is 1. The topological polar surface area (TPSA) is 98.5 Å². The minimum atomic E-state index is -4.30. The minimum absolute atomic E-state index is 0.0418. The zero-order valence-corrected chi connectivity index (χ0v) is 14.3. The molecule has 0 spiro atoms. The molecule has 0 aliphatic heterocycles. The number of rotatable bonds is 4. The molecule has 0 unspecified atom stereocenters. The minimum Gasteiger partial charge on any atom is -0.496 e. The highest BCUT2D eigenvalue weighted by Crippen LogP contribution is 2.37. The number of hydrogen-bond donors (Lipinski definition) is 2. The summed E-state index contributed by atoms with van der Waals surface area (Å²) in [6, 6.07) is 2.86. The van der Waals surface area contributed by atoms with Gasteiger partial charge in [0.1, 0.15) is 5.75 Å². The van der Waals surface area contributed by atoms with Crippen LogP contribution in [-0.2, 0) is 10.0 Å². The molecular formula is C15H19F3N2O4S. The lowest BCUT2D eigenvalue weighted by molar-refractivity contribution is -0.183. The van der Waals surface area contributed by atoms with Crippen molar-refractivity contribution in [2.24, 2.45) is 11.1 Å². The second kappa shape index (κ2) is 7.20. The maximum atomic E-state index is 12.9. The van der Waals surface area contributed by atoms with E-state index in [0.29, 0.717) is 12.8 Å². The first-order valence-corrected chi connectivity index (χ1v) is 9.15. The van der Waals surface area contributed by atoms with E-state index in [9.17, 15) is 26.4 Å². The van der Waals surface area contributed by atoms with Crippen molar-refractivity contribution in [3.8, 4) is 5.75 Å². The highest BCUT2D eigenvalue weighted by Gasteiger charge is 2.42. The number of methoxy groups -OCH3 is 1. The fraction of sp³-hybridized carbons (Fsp3) is 0.533. The van der Waals surface area contributed by atoms with Crippen LogP contribution < -0.4 is 15.2 Å². The fourth-order valence-corrected chi connectivity index (χ4v) is 3.46. The van der Waals surface area contributed by atoms with E-state index >= 15 is 0 Å². The number of sulfonamides is 1. The average molecular weight is 380 g/mol. The number of ether oxygens (including phenoxy) is 1. The van der Waals surface area contributed by atoms with E-state index in [2.05, 4.69) is 5.32 Å². The van der Waals surface area contributed by atoms with Gasteiger partial charge in [-0.15, -0.1) is 0 Å². The van der Waals surface area contributed by atoms with E-state index in [0.717, 1.165) is 6.07 Å². The molecule has 1 aromatic carbocycles. The van der Waals surface area contributed by atoms with Crippen LogP contribution in [0, 0.1) is 5.92 Å². The molecule has 1 amide bonds. The zero-order chi connectivity index (χ0) is 18.8. The van der Waals surface area contributed by atoms with Gasteiger partial charge in [-0.05, 0) is 37.5 Å². The first kappa shape index (κ1) is 19.5. The molecule has 6 nitrogen and oxygen atoms in total. The molecule has 0 bridgehead atoms. The van der Waals surface area contributed by atoms with Gasteiger partial charge in [-0.25, -0.2) is 13.6 Å². The highest BCUT2D eigenvalue weighted by molar-refractivity contribution is 7.89. The smallest absolute Gasteiger partial charge is 0.391 e. The number of amides is 1. The number of alkyl halides is 3. The summed E-state index contributed by atoms with van der Waals surface area (Å²) in [5.41, 5.74) is -0.0943. The molecule has 0 heterocycles. The van der Waals surface area contributed by atoms with Crippen LogP contribution in [0.4, 0.5) is 13.2 Å². The standard InChI is InChI=1S/C15H19F3N2O4S/c1-24-13-6-5-11(25(19,22)23)8-12(13)14(21)20-10-4-2-3-9(7-10)15(16,17)18/h5-6,8-10H,2-4,7H2,1H3,(H,20,21)(H2,19,22,23)/t9-,10+/m0/s1. The molecule has 0 saturated heterocycles. The van der Waals surface area contributed by atoms with Crippen molar-refractivity contribution in [1.82, 2.24) is 5.32 Å². The molecule has 3 N–H and O–H groups in total. The van der Waals surface area contributed by atoms with Crippen LogP contribution in [-0.4, -0.2) is 33.7 Å². The maximum absolute atomic E-state index is 12.9. The predicted octanol–water partition coefficient (Wildman–Crippen LogP) is 2.19. The zero-order valence-electron chi connectivity index (χ0n) is 13.5. The Labute approximate surface area is 143 Å². The summed E-state index contributed by atoms with van der Waals surface area (Å²) >= 11 is 0. The molecule has 1 aliphatic rings. The summed E-state index contributed by atoms with van der Waals surface area (Å²) in [6.07, 6.45) is -3.68. The van der Waals surface area contributed by atoms with Gasteiger partial charge in [-0.3, -0.25) is 4.79 Å². The van der Waals surface area contributed by atoms with Crippen molar-refractivity contribution in [2.75, 3.05) is 7.11 Å². The molecule has 0 aromatic heterocycles. The van der Waals surface area contributed by atoms with Gasteiger partial charge in [0.25, 0.3) is 5.91 Å². The Hall–Kier alpha value is -1.81. The SMILES string of the molecule is COc1ccc(S(N)(=O)=O)cc1C(=O)N[C@@H]1CCC[C@H](C(F)(F)F)C1. The number of benzene rings is 1. The molecule has 1 fully saturated rings. The highest BCUT2D eigenvalue weighted by atomic mass is 32.2. The third-order valence-electron chi connectivity index (χ3n) is 4.22. The Kier molecular flexibility index (Phi) is 5.62. The number of hydrogen-bond acceptors (Lipinski definition) is 4. The Morgan fingerprint density at radius 3 is 2.56 bits per heavy atom. The van der Waals surface area contributed by atoms with Crippen LogP contribution in [0.5, 0.6) is 5.75 Å². The lowest BCUT2D eigenvalue weighted by Crippen LogP contribution is -2.41. The van der Waals surface area contributed by atoms with Crippen molar-refractivity contribution in [1.29, 1.82) is 0 Å². The van der Waals surface area contributed by atoms with Crippen molar-refractivity contribution in [3.63, 3.8) is 0 Å². The van der Waals surface area contributed by atoms with Crippen molar-refractivity contribution in [2.45, 2.75) is 42.8 Å². The van der Waals surface area contributed by atoms with Crippen LogP contribution in [0.15, 0.2) is 23.1 Å². The Morgan fingerprint density at radius 2 is 2.00 bits per heavy atom. The van der Waals surface area contributed by atoms with Crippen LogP contribution in [0.2, 0.25) is 0 Å². The number of primary sulfonamides is 1. The summed E-state index contributed by atoms with van der Waals surface area (Å²) in [5.74, 6) is -2.05. The first-order chi connectivity index (χ1) is 11.5. The summed E-state index contributed by atoms with van der Waals surface area (Å²) in [7, 11) is -2.73. The average Bonchev–Trinajstić information content (AvgIpc) is 2.52. The Bertz CT molecular complexity index is 750. The summed E-state index contributed by atoms with van der Waals surface area (Å²) < 4.78 is 66.5. The Balaban J connectivity index is 2.20. The maximum Gasteiger partial charge on any atom is 0.391 e. The van der Waals surface area contributed by atoms with Gasteiger partial charge in [0.05, 0.1) is 23.5 Å². The van der Waals surface area contributed by atoms with Crippen LogP contribution >= 0.6 is 0 Å². The predicted molar refractivity (Wildman–Crippen MR) is 83.6 cm³/mol. The summed E-state index contributed by atoms with van der Waals surface area (Å²) in [4.78, 5) is 12.1. The van der Waals surface area contributed by atoms with E-state index in [1.165, 1.54) is 19.2 Å². The van der Waals surface area contributed by atoms with E-state index in [4.69, 9.17) is 9.88 Å². The van der Waals surface area contributed by atoms with Crippen molar-refractivity contribution >= 4 is 15.9 Å². The van der Waals surface area contributed by atoms with E-state index < -0.39 is 34.1 Å². The first-order valence-electron chi connectivity index (χ1n) is 7.60. The lowest BCUT2D eigenvalue weighted by Gasteiger charge is -2.31. The van der Waals surface area contributed by atoms with Crippen LogP contribution in [0.25, 0.3) is 0 Å². The van der Waals surface area contributed by atoms with Crippen molar-refractivity contribution in [3.05, 3.63) is 23.8 Å². The van der Waals surface area contributed by atoms with Gasteiger partial charge in [0, 0.05) is 6.04 Å². The van der Waals surface area contributed by atoms with Gasteiger partial charge >= 0.3 is 6.18 Å². The second-order valence-corrected chi connectivity index (χ2v) is 7.54. The largest absolute Gasteiger partial charge is 0.496 e. The fourth-order valence-electron chi connectivity index (χ4n) is 2.92. The van der Waals surface area contributed by atoms with Crippen LogP contribution in [0.1, 0.15) is 36.0 Å². The molecule has 1 aromatic rings. The molecular weight excluding hydrogens is 361 g/mol. The van der Waals surface area contributed by atoms with Gasteiger partial charge in [0.15, 0.2) is 0 Å². The quantitative estimate of drug-likeness (QED) is 0.837. The molecule has 0 radical (unpaired) electrons. The number of nitrogens with one attached hydrogen (secondary N) is 1. The molecule has 1 saturated carbocycles. The van der Waals surface area contributed by atoms with Gasteiger partial charge in [-0.1, -0.05) is 6.42 Å². The van der Waals surface area contributed by atoms with E-state index in [1.807, 2.05) is 0 Å². The second-order valence-electron chi connectivity index (χ2n) is 5.98. The molecule has 1 aliphatic carbocycles. The third-order valence-corrected chi connectivity index (χ3v) is 5.13. The third kappa shape index (κ3) is 4.85. The van der Waals surface area contributed by atoms with Crippen LogP contribution in [0.3, 0.4) is 0 Å². The van der Waals surface area contributed by atoms with Gasteiger partial charge < -0.3 is 10.1 Å². The van der Waals surface area contributed by atoms with Gasteiger partial charge in [0.2, 0.25) is 10.0 Å². The number of halogens is 3. The number of nitrogens with two attached hydrogens (primary N) is 1. The molecule has 2 atom stereocenters. The molecule has 25 heavy (non-hydrogen) atoms. The van der Waals surface area contributed by atoms with Crippen molar-refractivity contribution < 1.29 is 31.1 Å². The normalized spacial score (nSPS) is 21.6. The van der Waals surface area contributed by atoms with E-state index in [-0.39, 0.29) is 29.1 Å². The Morgan fingerprint density at radius 1 is 1.32 bits per heavy atom. The monoisotopic (exact) mass is 380 g/mol. The molecule has 2 rings (SSSR count). The summed E-state index contributed by atoms with van der Waals surface area (Å²) in [6.45, 7) is 0. The summed E-state index contributed by atoms with van der Waals surface area (Å²) in [5, 5.41) is 7.58. The lowest BCUT2D eigenvalue weighted by atomic mass is 9.85. The molecule has 10 heteroatoms.